The van der Waals surface area contributed by atoms with Gasteiger partial charge in [-0.15, -0.1) is 11.3 Å². The van der Waals surface area contributed by atoms with Crippen LogP contribution in [0.3, 0.4) is 0 Å². The van der Waals surface area contributed by atoms with Crippen molar-refractivity contribution in [3.8, 4) is 0 Å². The molecule has 24 heavy (non-hydrogen) atoms. The Morgan fingerprint density at radius 2 is 1.21 bits per heavy atom. The molecule has 0 spiro atoms. The Hall–Kier alpha value is 1.03. The van der Waals surface area contributed by atoms with Crippen molar-refractivity contribution in [2.75, 3.05) is 13.2 Å². The molecular weight excluding hydrogens is 342 g/mol. The second-order valence-corrected chi connectivity index (χ2v) is 6.76. The number of rotatable bonds is 15. The first kappa shape index (κ1) is 29.8. The second kappa shape index (κ2) is 24.0. The number of phosphoric acid groups is 1. The zero-order valence-corrected chi connectivity index (χ0v) is 18.8. The van der Waals surface area contributed by atoms with E-state index in [0.29, 0.717) is 0 Å². The summed E-state index contributed by atoms with van der Waals surface area (Å²) in [7, 11) is -4.47. The Balaban J connectivity index is -0.000000639. The van der Waals surface area contributed by atoms with Gasteiger partial charge in [0, 0.05) is 0 Å². The molecule has 6 nitrogen and oxygen atoms in total. The topological polar surface area (TPSA) is 99.1 Å². The van der Waals surface area contributed by atoms with Crippen molar-refractivity contribution < 1.29 is 58.6 Å². The standard InChI is InChI=1S/C12H27O5P.C4H9O.Na/c1-2-3-4-5-6-7-8-9-10-11-12-16-17-18(13,14)15;1-2-3-4-5;/h2-12H2,1H3,(H2,13,14,15);2-4H2,1H3;/q;-1;+1. The van der Waals surface area contributed by atoms with Crippen LogP contribution in [0.2, 0.25) is 0 Å². The van der Waals surface area contributed by atoms with Crippen LogP contribution in [0.4, 0.5) is 0 Å². The summed E-state index contributed by atoms with van der Waals surface area (Å²) in [5, 5.41) is 9.53. The zero-order chi connectivity index (χ0) is 17.8. The second-order valence-electron chi connectivity index (χ2n) is 5.63. The van der Waals surface area contributed by atoms with Crippen LogP contribution in [0.5, 0.6) is 0 Å². The molecule has 2 N–H and O–H groups in total. The van der Waals surface area contributed by atoms with Crippen LogP contribution in [-0.2, 0) is 14.1 Å². The molecule has 0 aromatic rings. The Morgan fingerprint density at radius 1 is 0.792 bits per heavy atom. The summed E-state index contributed by atoms with van der Waals surface area (Å²) in [6.07, 6.45) is 13.9. The summed E-state index contributed by atoms with van der Waals surface area (Å²) < 4.78 is 14.1. The fourth-order valence-corrected chi connectivity index (χ4v) is 2.11. The van der Waals surface area contributed by atoms with Crippen LogP contribution in [0.25, 0.3) is 0 Å². The Morgan fingerprint density at radius 3 is 1.54 bits per heavy atom. The van der Waals surface area contributed by atoms with Gasteiger partial charge < -0.3 is 14.9 Å². The third-order valence-corrected chi connectivity index (χ3v) is 3.53. The Kier molecular flexibility index (Phi) is 29.8. The minimum absolute atomic E-state index is 0. The van der Waals surface area contributed by atoms with Crippen molar-refractivity contribution in [3.63, 3.8) is 0 Å². The maximum absolute atomic E-state index is 10.3. The monoisotopic (exact) mass is 378 g/mol. The van der Waals surface area contributed by atoms with Crippen LogP contribution in [-0.4, -0.2) is 23.0 Å². The van der Waals surface area contributed by atoms with E-state index in [1.54, 1.807) is 0 Å². The van der Waals surface area contributed by atoms with E-state index < -0.39 is 7.82 Å². The molecule has 0 radical (unpaired) electrons. The predicted molar refractivity (Wildman–Crippen MR) is 90.7 cm³/mol. The van der Waals surface area contributed by atoms with Gasteiger partial charge in [-0.25, -0.2) is 9.45 Å². The van der Waals surface area contributed by atoms with Crippen LogP contribution in [0.1, 0.15) is 90.9 Å². The van der Waals surface area contributed by atoms with Gasteiger partial charge >= 0.3 is 37.4 Å². The average Bonchev–Trinajstić information content (AvgIpc) is 2.49. The molecule has 0 aliphatic carbocycles. The molecule has 0 rings (SSSR count). The van der Waals surface area contributed by atoms with Crippen LogP contribution < -0.4 is 34.7 Å². The van der Waals surface area contributed by atoms with E-state index in [0.717, 1.165) is 32.1 Å². The molecule has 0 saturated heterocycles. The quantitative estimate of drug-likeness (QED) is 0.146. The van der Waals surface area contributed by atoms with Crippen molar-refractivity contribution >= 4 is 7.82 Å². The Bertz CT molecular complexity index is 261. The molecule has 0 heterocycles. The molecule has 0 aliphatic heterocycles. The minimum atomic E-state index is -4.47. The molecule has 142 valence electrons. The van der Waals surface area contributed by atoms with Gasteiger partial charge in [-0.3, -0.25) is 0 Å². The van der Waals surface area contributed by atoms with Crippen molar-refractivity contribution in [1.29, 1.82) is 0 Å². The molecule has 0 aromatic heterocycles. The van der Waals surface area contributed by atoms with Gasteiger partial charge in [0.1, 0.15) is 0 Å². The maximum Gasteiger partial charge on any atom is 1.00 e. The van der Waals surface area contributed by atoms with Gasteiger partial charge in [0.2, 0.25) is 0 Å². The SMILES string of the molecule is CCCCCCCCCCCCOOP(=O)(O)O.CCCC[O-].[Na+]. The van der Waals surface area contributed by atoms with E-state index in [2.05, 4.69) is 16.5 Å². The van der Waals surface area contributed by atoms with Crippen molar-refractivity contribution in [2.45, 2.75) is 90.9 Å². The predicted octanol–water partition coefficient (Wildman–Crippen LogP) is 1.10. The molecule has 0 bridgehead atoms. The van der Waals surface area contributed by atoms with Crippen LogP contribution in [0.15, 0.2) is 0 Å². The third-order valence-electron chi connectivity index (χ3n) is 3.23. The van der Waals surface area contributed by atoms with Crippen LogP contribution >= 0.6 is 7.82 Å². The van der Waals surface area contributed by atoms with E-state index in [9.17, 15) is 9.67 Å². The van der Waals surface area contributed by atoms with Crippen molar-refractivity contribution in [1.82, 2.24) is 0 Å². The summed E-state index contributed by atoms with van der Waals surface area (Å²) in [5.74, 6) is 0. The summed E-state index contributed by atoms with van der Waals surface area (Å²) in [5.41, 5.74) is 0. The first-order chi connectivity index (χ1) is 11.0. The Labute approximate surface area is 170 Å². The minimum Gasteiger partial charge on any atom is -0.854 e. The number of unbranched alkanes of at least 4 members (excludes halogenated alkanes) is 10. The summed E-state index contributed by atoms with van der Waals surface area (Å²) in [6.45, 7) is 4.56. The summed E-state index contributed by atoms with van der Waals surface area (Å²) in [4.78, 5) is 21.1. The molecule has 0 saturated carbocycles. The number of hydrogen-bond donors (Lipinski definition) is 2. The molecule has 0 unspecified atom stereocenters. The smallest absolute Gasteiger partial charge is 0.854 e. The normalized spacial score (nSPS) is 10.7. The van der Waals surface area contributed by atoms with Gasteiger partial charge in [0.15, 0.2) is 0 Å². The van der Waals surface area contributed by atoms with Crippen molar-refractivity contribution in [2.24, 2.45) is 0 Å². The third kappa shape index (κ3) is 34.4. The zero-order valence-electron chi connectivity index (χ0n) is 15.9. The number of hydrogen-bond acceptors (Lipinski definition) is 4. The first-order valence-corrected chi connectivity index (χ1v) is 10.5. The molecule has 0 fully saturated rings. The van der Waals surface area contributed by atoms with Crippen molar-refractivity contribution in [3.05, 3.63) is 0 Å². The summed E-state index contributed by atoms with van der Waals surface area (Å²) >= 11 is 0. The first-order valence-electron chi connectivity index (χ1n) is 8.92. The van der Waals surface area contributed by atoms with Gasteiger partial charge in [-0.1, -0.05) is 84.5 Å². The fraction of sp³-hybridized carbons (Fsp3) is 1.00. The van der Waals surface area contributed by atoms with E-state index in [-0.39, 0.29) is 42.8 Å². The largest absolute Gasteiger partial charge is 1.00 e. The van der Waals surface area contributed by atoms with Gasteiger partial charge in [-0.2, -0.15) is 0 Å². The molecule has 0 aromatic carbocycles. The fourth-order valence-electron chi connectivity index (χ4n) is 1.90. The van der Waals surface area contributed by atoms with E-state index in [4.69, 9.17) is 9.79 Å². The maximum atomic E-state index is 10.3. The molecule has 8 heteroatoms. The van der Waals surface area contributed by atoms with E-state index >= 15 is 0 Å². The van der Waals surface area contributed by atoms with Gasteiger partial charge in [-0.05, 0) is 6.42 Å². The van der Waals surface area contributed by atoms with E-state index in [1.807, 2.05) is 6.92 Å². The molecule has 0 atom stereocenters. The van der Waals surface area contributed by atoms with Gasteiger partial charge in [0.25, 0.3) is 0 Å². The van der Waals surface area contributed by atoms with E-state index in [1.165, 1.54) is 44.9 Å². The van der Waals surface area contributed by atoms with Crippen LogP contribution in [0, 0.1) is 0 Å². The summed E-state index contributed by atoms with van der Waals surface area (Å²) in [6, 6.07) is 0. The molecule has 0 aliphatic rings. The van der Waals surface area contributed by atoms with Gasteiger partial charge in [0.05, 0.1) is 6.61 Å². The molecular formula is C16H36NaO6P. The molecule has 0 amide bonds. The average molecular weight is 378 g/mol.